The number of hydrogen-bond donors (Lipinski definition) is 1. The number of nitrogens with zero attached hydrogens (tertiary/aromatic N) is 3. The summed E-state index contributed by atoms with van der Waals surface area (Å²) in [6.07, 6.45) is 5.53. The van der Waals surface area contributed by atoms with E-state index < -0.39 is 6.10 Å². The van der Waals surface area contributed by atoms with Crippen molar-refractivity contribution >= 4 is 5.65 Å². The number of aromatic nitrogens is 3. The fraction of sp³-hybridized carbons (Fsp3) is 0.200. The minimum atomic E-state index is -0.527. The molecule has 0 aliphatic carbocycles. The molecular formula is C15H15N3O. The topological polar surface area (TPSA) is 50.4 Å². The zero-order valence-electron chi connectivity index (χ0n) is 10.7. The van der Waals surface area contributed by atoms with Gasteiger partial charge in [0.15, 0.2) is 0 Å². The summed E-state index contributed by atoms with van der Waals surface area (Å²) >= 11 is 0. The van der Waals surface area contributed by atoms with Gasteiger partial charge < -0.3 is 9.51 Å². The van der Waals surface area contributed by atoms with Crippen LogP contribution in [0.1, 0.15) is 25.1 Å². The largest absolute Gasteiger partial charge is 0.387 e. The molecule has 0 radical (unpaired) electrons. The number of imidazole rings is 1. The second-order valence-electron chi connectivity index (χ2n) is 4.43. The van der Waals surface area contributed by atoms with E-state index in [0.717, 1.165) is 22.6 Å². The minimum Gasteiger partial charge on any atom is -0.387 e. The third-order valence-corrected chi connectivity index (χ3v) is 3.22. The van der Waals surface area contributed by atoms with E-state index in [9.17, 15) is 5.11 Å². The highest BCUT2D eigenvalue weighted by atomic mass is 16.3. The number of aliphatic hydroxyl groups is 1. The number of rotatable bonds is 3. The normalized spacial score (nSPS) is 12.7. The molecule has 3 aromatic rings. The molecule has 0 amide bonds. The van der Waals surface area contributed by atoms with Crippen LogP contribution in [0.3, 0.4) is 0 Å². The fourth-order valence-electron chi connectivity index (χ4n) is 2.25. The van der Waals surface area contributed by atoms with Gasteiger partial charge in [0, 0.05) is 24.2 Å². The van der Waals surface area contributed by atoms with Gasteiger partial charge in [-0.15, -0.1) is 0 Å². The van der Waals surface area contributed by atoms with E-state index in [2.05, 4.69) is 9.97 Å². The Kier molecular flexibility index (Phi) is 3.01. The van der Waals surface area contributed by atoms with E-state index in [4.69, 9.17) is 0 Å². The number of hydrogen-bond acceptors (Lipinski definition) is 3. The van der Waals surface area contributed by atoms with E-state index in [1.807, 2.05) is 47.9 Å². The van der Waals surface area contributed by atoms with Crippen LogP contribution in [0.15, 0.2) is 48.9 Å². The average Bonchev–Trinajstić information content (AvgIpc) is 2.87. The molecule has 4 nitrogen and oxygen atoms in total. The van der Waals surface area contributed by atoms with Crippen molar-refractivity contribution in [3.05, 3.63) is 54.6 Å². The van der Waals surface area contributed by atoms with Gasteiger partial charge in [0.2, 0.25) is 0 Å². The lowest BCUT2D eigenvalue weighted by Gasteiger charge is -2.10. The zero-order chi connectivity index (χ0) is 13.2. The molecule has 0 aliphatic rings. The van der Waals surface area contributed by atoms with E-state index in [0.29, 0.717) is 6.42 Å². The molecule has 0 bridgehead atoms. The van der Waals surface area contributed by atoms with Crippen molar-refractivity contribution in [2.24, 2.45) is 0 Å². The molecule has 3 rings (SSSR count). The highest BCUT2D eigenvalue weighted by molar-refractivity contribution is 5.66. The first kappa shape index (κ1) is 11.9. The molecule has 3 aromatic heterocycles. The van der Waals surface area contributed by atoms with Gasteiger partial charge in [-0.2, -0.15) is 0 Å². The fourth-order valence-corrected chi connectivity index (χ4v) is 2.25. The molecule has 1 atom stereocenters. The Bertz CT molecular complexity index is 691. The third kappa shape index (κ3) is 2.00. The second-order valence-corrected chi connectivity index (χ2v) is 4.43. The summed E-state index contributed by atoms with van der Waals surface area (Å²) in [7, 11) is 0. The number of fused-ring (bicyclic) bond motifs is 1. The summed E-state index contributed by atoms with van der Waals surface area (Å²) < 4.78 is 1.95. The Morgan fingerprint density at radius 1 is 1.21 bits per heavy atom. The molecule has 3 heterocycles. The Hall–Kier alpha value is -2.20. The zero-order valence-corrected chi connectivity index (χ0v) is 10.7. The van der Waals surface area contributed by atoms with Crippen LogP contribution in [0.2, 0.25) is 0 Å². The Morgan fingerprint density at radius 3 is 2.74 bits per heavy atom. The maximum Gasteiger partial charge on any atom is 0.137 e. The van der Waals surface area contributed by atoms with Crippen LogP contribution in [0.25, 0.3) is 16.9 Å². The number of pyridine rings is 2. The molecule has 96 valence electrons. The summed E-state index contributed by atoms with van der Waals surface area (Å²) in [6.45, 7) is 1.96. The summed E-state index contributed by atoms with van der Waals surface area (Å²) in [6, 6.07) is 9.65. The molecule has 1 unspecified atom stereocenters. The Balaban J connectivity index is 2.29. The monoisotopic (exact) mass is 253 g/mol. The van der Waals surface area contributed by atoms with Crippen LogP contribution in [0, 0.1) is 0 Å². The van der Waals surface area contributed by atoms with E-state index in [1.165, 1.54) is 0 Å². The molecule has 0 aliphatic heterocycles. The van der Waals surface area contributed by atoms with Crippen LogP contribution in [-0.4, -0.2) is 19.5 Å². The van der Waals surface area contributed by atoms with Gasteiger partial charge in [0.25, 0.3) is 0 Å². The van der Waals surface area contributed by atoms with Crippen molar-refractivity contribution < 1.29 is 5.11 Å². The Morgan fingerprint density at radius 2 is 2.00 bits per heavy atom. The third-order valence-electron chi connectivity index (χ3n) is 3.22. The van der Waals surface area contributed by atoms with E-state index in [-0.39, 0.29) is 0 Å². The van der Waals surface area contributed by atoms with Gasteiger partial charge >= 0.3 is 0 Å². The summed E-state index contributed by atoms with van der Waals surface area (Å²) in [5.41, 5.74) is 3.48. The van der Waals surface area contributed by atoms with Gasteiger partial charge in [-0.3, -0.25) is 4.98 Å². The molecule has 19 heavy (non-hydrogen) atoms. The average molecular weight is 253 g/mol. The first-order valence-corrected chi connectivity index (χ1v) is 6.36. The predicted molar refractivity (Wildman–Crippen MR) is 73.7 cm³/mol. The van der Waals surface area contributed by atoms with Gasteiger partial charge in [0.1, 0.15) is 5.65 Å². The highest BCUT2D eigenvalue weighted by Crippen LogP contribution is 2.29. The molecular weight excluding hydrogens is 238 g/mol. The lowest BCUT2D eigenvalue weighted by Crippen LogP contribution is -2.02. The van der Waals surface area contributed by atoms with Crippen molar-refractivity contribution in [2.45, 2.75) is 19.4 Å². The molecule has 0 fully saturated rings. The first-order chi connectivity index (χ1) is 9.31. The first-order valence-electron chi connectivity index (χ1n) is 6.36. The van der Waals surface area contributed by atoms with E-state index >= 15 is 0 Å². The quantitative estimate of drug-likeness (QED) is 0.780. The van der Waals surface area contributed by atoms with Crippen LogP contribution >= 0.6 is 0 Å². The van der Waals surface area contributed by atoms with Crippen LogP contribution in [0.4, 0.5) is 0 Å². The maximum absolute atomic E-state index is 10.3. The molecule has 0 aromatic carbocycles. The Labute approximate surface area is 111 Å². The number of aliphatic hydroxyl groups excluding tert-OH is 1. The molecule has 4 heteroatoms. The molecule has 0 saturated carbocycles. The van der Waals surface area contributed by atoms with Gasteiger partial charge in [0.05, 0.1) is 17.5 Å². The van der Waals surface area contributed by atoms with Crippen molar-refractivity contribution in [2.75, 3.05) is 0 Å². The van der Waals surface area contributed by atoms with Crippen molar-refractivity contribution in [3.8, 4) is 11.3 Å². The smallest absolute Gasteiger partial charge is 0.137 e. The lowest BCUT2D eigenvalue weighted by molar-refractivity contribution is 0.168. The highest BCUT2D eigenvalue weighted by Gasteiger charge is 2.19. The summed E-state index contributed by atoms with van der Waals surface area (Å²) in [4.78, 5) is 8.65. The molecule has 1 N–H and O–H groups in total. The predicted octanol–water partition coefficient (Wildman–Crippen LogP) is 2.84. The second kappa shape index (κ2) is 4.82. The van der Waals surface area contributed by atoms with Gasteiger partial charge in [-0.05, 0) is 30.7 Å². The molecule has 0 saturated heterocycles. The van der Waals surface area contributed by atoms with Crippen molar-refractivity contribution in [1.29, 1.82) is 0 Å². The SMILES string of the molecule is CCC(O)c1c(-c2ccncc2)nc2ccccn12. The van der Waals surface area contributed by atoms with Gasteiger partial charge in [-0.1, -0.05) is 13.0 Å². The van der Waals surface area contributed by atoms with Gasteiger partial charge in [-0.25, -0.2) is 4.98 Å². The maximum atomic E-state index is 10.3. The molecule has 0 spiro atoms. The van der Waals surface area contributed by atoms with Crippen LogP contribution in [-0.2, 0) is 0 Å². The summed E-state index contributed by atoms with van der Waals surface area (Å²) in [5, 5.41) is 10.3. The van der Waals surface area contributed by atoms with Crippen molar-refractivity contribution in [1.82, 2.24) is 14.4 Å². The van der Waals surface area contributed by atoms with Crippen molar-refractivity contribution in [3.63, 3.8) is 0 Å². The minimum absolute atomic E-state index is 0.527. The standard InChI is InChI=1S/C15H15N3O/c1-2-12(19)15-14(11-6-8-16-9-7-11)17-13-5-3-4-10-18(13)15/h3-10,12,19H,2H2,1H3. The lowest BCUT2D eigenvalue weighted by atomic mass is 10.1. The van der Waals surface area contributed by atoms with Crippen LogP contribution < -0.4 is 0 Å². The summed E-state index contributed by atoms with van der Waals surface area (Å²) in [5.74, 6) is 0. The van der Waals surface area contributed by atoms with Crippen LogP contribution in [0.5, 0.6) is 0 Å². The van der Waals surface area contributed by atoms with E-state index in [1.54, 1.807) is 12.4 Å².